The fourth-order valence-corrected chi connectivity index (χ4v) is 3.70. The van der Waals surface area contributed by atoms with Gasteiger partial charge in [0.1, 0.15) is 5.52 Å². The Morgan fingerprint density at radius 3 is 2.53 bits per heavy atom. The smallest absolute Gasteiger partial charge is 0.323 e. The Balaban J connectivity index is 1.68. The summed E-state index contributed by atoms with van der Waals surface area (Å²) in [5.41, 5.74) is 7.97. The maximum atomic E-state index is 6.04. The molecule has 6 nitrogen and oxygen atoms in total. The number of benzene rings is 2. The van der Waals surface area contributed by atoms with Crippen LogP contribution in [-0.2, 0) is 0 Å². The molecule has 0 aliphatic carbocycles. The van der Waals surface area contributed by atoms with Crippen molar-refractivity contribution < 1.29 is 4.42 Å². The molecule has 0 saturated carbocycles. The summed E-state index contributed by atoms with van der Waals surface area (Å²) in [6, 6.07) is 18.6. The third kappa shape index (κ3) is 4.17. The number of hydrogen-bond donors (Lipinski definition) is 2. The number of aromatic nitrogens is 1. The molecule has 0 bridgehead atoms. The molecule has 156 valence electrons. The van der Waals surface area contributed by atoms with Gasteiger partial charge in [0.05, 0.1) is 5.70 Å². The van der Waals surface area contributed by atoms with Gasteiger partial charge in [-0.15, -0.1) is 5.10 Å². The molecular weight excluding hydrogens is 374 g/mol. The van der Waals surface area contributed by atoms with Gasteiger partial charge in [0.2, 0.25) is 0 Å². The molecule has 1 aliphatic rings. The lowest BCUT2D eigenvalue weighted by atomic mass is 10.0. The van der Waals surface area contributed by atoms with Crippen molar-refractivity contribution in [3.8, 4) is 0 Å². The SMILES string of the molecule is CCCCCCNC1=NNN(c2nc3ccccc3o2)C(c2ccccc2)=C1CC. The van der Waals surface area contributed by atoms with E-state index in [-0.39, 0.29) is 0 Å². The Kier molecular flexibility index (Phi) is 6.32. The van der Waals surface area contributed by atoms with Crippen LogP contribution in [0.25, 0.3) is 16.8 Å². The summed E-state index contributed by atoms with van der Waals surface area (Å²) in [4.78, 5) is 4.67. The molecule has 2 heterocycles. The Labute approximate surface area is 177 Å². The van der Waals surface area contributed by atoms with Crippen molar-refractivity contribution in [1.29, 1.82) is 0 Å². The highest BCUT2D eigenvalue weighted by Crippen LogP contribution is 2.32. The predicted molar refractivity (Wildman–Crippen MR) is 123 cm³/mol. The van der Waals surface area contributed by atoms with Crippen LogP contribution in [-0.4, -0.2) is 17.4 Å². The van der Waals surface area contributed by atoms with Crippen LogP contribution < -0.4 is 15.9 Å². The van der Waals surface area contributed by atoms with Crippen molar-refractivity contribution in [2.45, 2.75) is 46.0 Å². The minimum Gasteiger partial charge on any atom is -0.422 e. The lowest BCUT2D eigenvalue weighted by Gasteiger charge is -2.30. The quantitative estimate of drug-likeness (QED) is 0.489. The molecule has 1 aromatic heterocycles. The highest BCUT2D eigenvalue weighted by Gasteiger charge is 2.28. The largest absolute Gasteiger partial charge is 0.422 e. The first-order valence-corrected chi connectivity index (χ1v) is 10.8. The number of unbranched alkanes of at least 4 members (excludes halogenated alkanes) is 3. The number of anilines is 1. The van der Waals surface area contributed by atoms with Gasteiger partial charge < -0.3 is 9.73 Å². The number of hydrazone groups is 1. The van der Waals surface area contributed by atoms with Crippen molar-refractivity contribution in [2.24, 2.45) is 5.10 Å². The third-order valence-electron chi connectivity index (χ3n) is 5.25. The molecular formula is C24H29N5O. The van der Waals surface area contributed by atoms with Gasteiger partial charge >= 0.3 is 6.01 Å². The van der Waals surface area contributed by atoms with Gasteiger partial charge in [-0.3, -0.25) is 0 Å². The van der Waals surface area contributed by atoms with E-state index in [1.165, 1.54) is 19.3 Å². The summed E-state index contributed by atoms with van der Waals surface area (Å²) < 4.78 is 6.04. The molecule has 0 radical (unpaired) electrons. The van der Waals surface area contributed by atoms with E-state index in [1.807, 2.05) is 47.5 Å². The zero-order valence-electron chi connectivity index (χ0n) is 17.7. The summed E-state index contributed by atoms with van der Waals surface area (Å²) in [7, 11) is 0. The number of rotatable bonds is 8. The summed E-state index contributed by atoms with van der Waals surface area (Å²) in [5, 5.41) is 10.0. The number of hydrogen-bond acceptors (Lipinski definition) is 6. The summed E-state index contributed by atoms with van der Waals surface area (Å²) in [6.07, 6.45) is 5.71. The number of nitrogens with one attached hydrogen (secondary N) is 2. The number of hydrazine groups is 1. The third-order valence-corrected chi connectivity index (χ3v) is 5.25. The number of nitrogens with zero attached hydrogens (tertiary/aromatic N) is 3. The van der Waals surface area contributed by atoms with Crippen molar-refractivity contribution in [2.75, 3.05) is 11.6 Å². The van der Waals surface area contributed by atoms with E-state index in [0.29, 0.717) is 6.01 Å². The molecule has 0 spiro atoms. The maximum Gasteiger partial charge on any atom is 0.323 e. The van der Waals surface area contributed by atoms with E-state index in [0.717, 1.165) is 53.2 Å². The van der Waals surface area contributed by atoms with Crippen LogP contribution in [0.15, 0.2) is 69.7 Å². The van der Waals surface area contributed by atoms with Crippen LogP contribution in [0.4, 0.5) is 6.01 Å². The van der Waals surface area contributed by atoms with E-state index >= 15 is 0 Å². The normalized spacial score (nSPS) is 14.1. The molecule has 0 unspecified atom stereocenters. The Bertz CT molecular complexity index is 1000. The average Bonchev–Trinajstić information content (AvgIpc) is 3.23. The fraction of sp³-hybridized carbons (Fsp3) is 0.333. The van der Waals surface area contributed by atoms with E-state index in [4.69, 9.17) is 4.42 Å². The van der Waals surface area contributed by atoms with Gasteiger partial charge in [-0.05, 0) is 25.0 Å². The molecule has 6 heteroatoms. The fourth-order valence-electron chi connectivity index (χ4n) is 3.70. The van der Waals surface area contributed by atoms with E-state index in [1.54, 1.807) is 0 Å². The monoisotopic (exact) mass is 403 g/mol. The first-order valence-electron chi connectivity index (χ1n) is 10.8. The number of amidine groups is 1. The van der Waals surface area contributed by atoms with E-state index in [2.05, 4.69) is 46.9 Å². The lowest BCUT2D eigenvalue weighted by Crippen LogP contribution is -2.43. The van der Waals surface area contributed by atoms with Crippen LogP contribution in [0, 0.1) is 0 Å². The molecule has 2 aromatic carbocycles. The topological polar surface area (TPSA) is 65.7 Å². The number of fused-ring (bicyclic) bond motifs is 1. The van der Waals surface area contributed by atoms with Crippen molar-refractivity contribution in [3.05, 3.63) is 65.7 Å². The first-order chi connectivity index (χ1) is 14.8. The van der Waals surface area contributed by atoms with Crippen LogP contribution >= 0.6 is 0 Å². The van der Waals surface area contributed by atoms with Crippen LogP contribution in [0.5, 0.6) is 0 Å². The molecule has 2 N–H and O–H groups in total. The Hall–Kier alpha value is -3.28. The van der Waals surface area contributed by atoms with Gasteiger partial charge in [0, 0.05) is 17.7 Å². The van der Waals surface area contributed by atoms with Gasteiger partial charge in [-0.25, -0.2) is 5.53 Å². The Morgan fingerprint density at radius 1 is 0.967 bits per heavy atom. The summed E-state index contributed by atoms with van der Waals surface area (Å²) in [6.45, 7) is 5.30. The zero-order valence-corrected chi connectivity index (χ0v) is 17.7. The molecule has 0 saturated heterocycles. The van der Waals surface area contributed by atoms with Crippen LogP contribution in [0.2, 0.25) is 0 Å². The predicted octanol–water partition coefficient (Wildman–Crippen LogP) is 5.46. The van der Waals surface area contributed by atoms with Gasteiger partial charge in [-0.1, -0.05) is 75.6 Å². The molecule has 3 aromatic rings. The van der Waals surface area contributed by atoms with E-state index < -0.39 is 0 Å². The first kappa shape index (κ1) is 20.0. The highest BCUT2D eigenvalue weighted by molar-refractivity contribution is 6.07. The second kappa shape index (κ2) is 9.48. The highest BCUT2D eigenvalue weighted by atomic mass is 16.4. The second-order valence-corrected chi connectivity index (χ2v) is 7.39. The van der Waals surface area contributed by atoms with Gasteiger partial charge in [-0.2, -0.15) is 9.99 Å². The maximum absolute atomic E-state index is 6.04. The van der Waals surface area contributed by atoms with Crippen molar-refractivity contribution in [1.82, 2.24) is 15.8 Å². The van der Waals surface area contributed by atoms with Gasteiger partial charge in [0.25, 0.3) is 0 Å². The lowest BCUT2D eigenvalue weighted by molar-refractivity contribution is 0.561. The van der Waals surface area contributed by atoms with Crippen LogP contribution in [0.3, 0.4) is 0 Å². The molecule has 0 fully saturated rings. The number of oxazole rings is 1. The molecule has 30 heavy (non-hydrogen) atoms. The molecule has 1 aliphatic heterocycles. The zero-order chi connectivity index (χ0) is 20.8. The Morgan fingerprint density at radius 2 is 1.77 bits per heavy atom. The minimum absolute atomic E-state index is 0.478. The minimum atomic E-state index is 0.478. The molecule has 0 atom stereocenters. The standard InChI is InChI=1S/C24H29N5O/c1-3-5-6-12-17-25-23-19(4-2)22(18-13-8-7-9-14-18)29(28-27-23)24-26-20-15-10-11-16-21(20)30-24/h7-11,13-16,28H,3-6,12,17H2,1-2H3,(H,25,27). The second-order valence-electron chi connectivity index (χ2n) is 7.39. The number of para-hydroxylation sites is 2. The van der Waals surface area contributed by atoms with Crippen molar-refractivity contribution in [3.63, 3.8) is 0 Å². The van der Waals surface area contributed by atoms with E-state index in [9.17, 15) is 0 Å². The average molecular weight is 404 g/mol. The molecule has 4 rings (SSSR count). The molecule has 0 amide bonds. The summed E-state index contributed by atoms with van der Waals surface area (Å²) >= 11 is 0. The van der Waals surface area contributed by atoms with Gasteiger partial charge in [0.15, 0.2) is 11.4 Å². The van der Waals surface area contributed by atoms with Crippen LogP contribution in [0.1, 0.15) is 51.5 Å². The van der Waals surface area contributed by atoms with Crippen molar-refractivity contribution >= 4 is 28.6 Å². The summed E-state index contributed by atoms with van der Waals surface area (Å²) in [5.74, 6) is 0.889.